The highest BCUT2D eigenvalue weighted by molar-refractivity contribution is 5.97. The number of nitrogens with zero attached hydrogens (tertiary/aromatic N) is 2. The van der Waals surface area contributed by atoms with E-state index in [9.17, 15) is 4.79 Å². The Labute approximate surface area is 99.8 Å². The van der Waals surface area contributed by atoms with Crippen molar-refractivity contribution in [3.8, 4) is 0 Å². The first-order valence-corrected chi connectivity index (χ1v) is 5.74. The van der Waals surface area contributed by atoms with E-state index in [1.54, 1.807) is 13.2 Å². The molecule has 1 aromatic rings. The summed E-state index contributed by atoms with van der Waals surface area (Å²) in [4.78, 5) is 11.8. The third-order valence-electron chi connectivity index (χ3n) is 3.30. The van der Waals surface area contributed by atoms with Gasteiger partial charge in [-0.25, -0.2) is 0 Å². The maximum atomic E-state index is 11.8. The Balaban J connectivity index is 1.92. The molecule has 0 unspecified atom stereocenters. The number of nitrogens with one attached hydrogen (secondary N) is 1. The second kappa shape index (κ2) is 4.37. The summed E-state index contributed by atoms with van der Waals surface area (Å²) < 4.78 is 1.52. The molecule has 1 heterocycles. The average Bonchev–Trinajstić information content (AvgIpc) is 2.95. The molecule has 2 rings (SSSR count). The first kappa shape index (κ1) is 11.9. The van der Waals surface area contributed by atoms with E-state index in [1.165, 1.54) is 4.68 Å². The van der Waals surface area contributed by atoms with Gasteiger partial charge in [-0.05, 0) is 24.7 Å². The van der Waals surface area contributed by atoms with Gasteiger partial charge in [-0.3, -0.25) is 9.48 Å². The molecule has 0 aliphatic heterocycles. The summed E-state index contributed by atoms with van der Waals surface area (Å²) in [5.41, 5.74) is 6.43. The van der Waals surface area contributed by atoms with Crippen molar-refractivity contribution in [3.05, 3.63) is 11.9 Å². The number of carbonyl (C=O) groups excluding carboxylic acids is 1. The molecule has 6 heteroatoms. The SMILES string of the molecule is Cn1cc(N)c(C(=O)NCC2(CCO)CC2)n1. The Morgan fingerprint density at radius 2 is 2.41 bits per heavy atom. The molecule has 0 saturated heterocycles. The van der Waals surface area contributed by atoms with Gasteiger partial charge in [0.15, 0.2) is 5.69 Å². The standard InChI is InChI=1S/C11H18N4O2/c1-15-6-8(12)9(14-15)10(17)13-7-11(2-3-11)4-5-16/h6,16H,2-5,7,12H2,1H3,(H,13,17). The Morgan fingerprint density at radius 1 is 1.71 bits per heavy atom. The van der Waals surface area contributed by atoms with Crippen LogP contribution in [0.4, 0.5) is 5.69 Å². The zero-order valence-corrected chi connectivity index (χ0v) is 9.94. The van der Waals surface area contributed by atoms with Crippen molar-refractivity contribution in [1.82, 2.24) is 15.1 Å². The largest absolute Gasteiger partial charge is 0.396 e. The number of aryl methyl sites for hydroxylation is 1. The lowest BCUT2D eigenvalue weighted by molar-refractivity contribution is 0.0936. The van der Waals surface area contributed by atoms with Gasteiger partial charge < -0.3 is 16.2 Å². The third-order valence-corrected chi connectivity index (χ3v) is 3.30. The normalized spacial score (nSPS) is 16.8. The topological polar surface area (TPSA) is 93.2 Å². The Kier molecular flexibility index (Phi) is 3.06. The molecule has 17 heavy (non-hydrogen) atoms. The van der Waals surface area contributed by atoms with Crippen LogP contribution < -0.4 is 11.1 Å². The molecule has 0 spiro atoms. The lowest BCUT2D eigenvalue weighted by Crippen LogP contribution is -2.31. The van der Waals surface area contributed by atoms with E-state index in [1.807, 2.05) is 0 Å². The van der Waals surface area contributed by atoms with Crippen LogP contribution in [-0.4, -0.2) is 33.9 Å². The van der Waals surface area contributed by atoms with Crippen LogP contribution in [0.25, 0.3) is 0 Å². The fourth-order valence-corrected chi connectivity index (χ4v) is 1.96. The first-order valence-electron chi connectivity index (χ1n) is 5.74. The minimum atomic E-state index is -0.243. The number of nitrogen functional groups attached to an aromatic ring is 1. The van der Waals surface area contributed by atoms with Gasteiger partial charge >= 0.3 is 0 Å². The number of amides is 1. The van der Waals surface area contributed by atoms with Crippen molar-refractivity contribution in [2.24, 2.45) is 12.5 Å². The Hall–Kier alpha value is -1.56. The Morgan fingerprint density at radius 3 is 2.88 bits per heavy atom. The first-order chi connectivity index (χ1) is 8.06. The molecule has 6 nitrogen and oxygen atoms in total. The van der Waals surface area contributed by atoms with Crippen LogP contribution >= 0.6 is 0 Å². The highest BCUT2D eigenvalue weighted by Gasteiger charge is 2.42. The van der Waals surface area contributed by atoms with Gasteiger partial charge in [-0.2, -0.15) is 5.10 Å². The van der Waals surface area contributed by atoms with Crippen LogP contribution in [0.1, 0.15) is 29.8 Å². The summed E-state index contributed by atoms with van der Waals surface area (Å²) in [5, 5.41) is 15.8. The maximum absolute atomic E-state index is 11.8. The number of rotatable bonds is 5. The second-order valence-corrected chi connectivity index (χ2v) is 4.76. The predicted molar refractivity (Wildman–Crippen MR) is 63.3 cm³/mol. The van der Waals surface area contributed by atoms with Crippen molar-refractivity contribution >= 4 is 11.6 Å². The van der Waals surface area contributed by atoms with Gasteiger partial charge in [0.25, 0.3) is 5.91 Å². The number of nitrogens with two attached hydrogens (primary N) is 1. The van der Waals surface area contributed by atoms with Crippen molar-refractivity contribution in [3.63, 3.8) is 0 Å². The number of aromatic nitrogens is 2. The second-order valence-electron chi connectivity index (χ2n) is 4.76. The van der Waals surface area contributed by atoms with Gasteiger partial charge in [0.05, 0.1) is 5.69 Å². The molecule has 0 atom stereocenters. The van der Waals surface area contributed by atoms with E-state index in [-0.39, 0.29) is 23.6 Å². The average molecular weight is 238 g/mol. The number of hydrogen-bond acceptors (Lipinski definition) is 4. The molecule has 1 saturated carbocycles. The minimum Gasteiger partial charge on any atom is -0.396 e. The van der Waals surface area contributed by atoms with Crippen molar-refractivity contribution in [2.75, 3.05) is 18.9 Å². The van der Waals surface area contributed by atoms with Crippen LogP contribution in [0.15, 0.2) is 6.20 Å². The number of aliphatic hydroxyl groups is 1. The summed E-state index contributed by atoms with van der Waals surface area (Å²) in [5.74, 6) is -0.243. The lowest BCUT2D eigenvalue weighted by Gasteiger charge is -2.13. The summed E-state index contributed by atoms with van der Waals surface area (Å²) in [6.07, 6.45) is 4.47. The Bertz CT molecular complexity index is 423. The summed E-state index contributed by atoms with van der Waals surface area (Å²) in [6, 6.07) is 0. The van der Waals surface area contributed by atoms with Crippen LogP contribution in [0.5, 0.6) is 0 Å². The monoisotopic (exact) mass is 238 g/mol. The third kappa shape index (κ3) is 2.58. The number of carbonyl (C=O) groups is 1. The van der Waals surface area contributed by atoms with E-state index >= 15 is 0 Å². The van der Waals surface area contributed by atoms with Crippen molar-refractivity contribution in [2.45, 2.75) is 19.3 Å². The molecule has 0 aromatic carbocycles. The highest BCUT2D eigenvalue weighted by Crippen LogP contribution is 2.47. The van der Waals surface area contributed by atoms with Gasteiger partial charge in [0, 0.05) is 26.4 Å². The van der Waals surface area contributed by atoms with E-state index < -0.39 is 0 Å². The number of hydrogen-bond donors (Lipinski definition) is 3. The zero-order chi connectivity index (χ0) is 12.5. The van der Waals surface area contributed by atoms with Gasteiger partial charge in [0.2, 0.25) is 0 Å². The number of anilines is 1. The van der Waals surface area contributed by atoms with Gasteiger partial charge in [0.1, 0.15) is 0 Å². The lowest BCUT2D eigenvalue weighted by atomic mass is 10.0. The van der Waals surface area contributed by atoms with Crippen molar-refractivity contribution in [1.29, 1.82) is 0 Å². The summed E-state index contributed by atoms with van der Waals surface area (Å²) in [6.45, 7) is 0.754. The zero-order valence-electron chi connectivity index (χ0n) is 9.94. The summed E-state index contributed by atoms with van der Waals surface area (Å²) in [7, 11) is 1.72. The molecular formula is C11H18N4O2. The molecular weight excluding hydrogens is 220 g/mol. The minimum absolute atomic E-state index is 0.105. The van der Waals surface area contributed by atoms with Crippen LogP contribution in [0.3, 0.4) is 0 Å². The molecule has 1 aliphatic carbocycles. The molecule has 1 amide bonds. The molecule has 1 fully saturated rings. The fraction of sp³-hybridized carbons (Fsp3) is 0.636. The number of aliphatic hydroxyl groups excluding tert-OH is 1. The smallest absolute Gasteiger partial charge is 0.273 e. The van der Waals surface area contributed by atoms with Crippen LogP contribution in [-0.2, 0) is 7.05 Å². The van der Waals surface area contributed by atoms with Crippen LogP contribution in [0, 0.1) is 5.41 Å². The molecule has 4 N–H and O–H groups in total. The molecule has 1 aromatic heterocycles. The molecule has 94 valence electrons. The van der Waals surface area contributed by atoms with Crippen LogP contribution in [0.2, 0.25) is 0 Å². The maximum Gasteiger partial charge on any atom is 0.273 e. The highest BCUT2D eigenvalue weighted by atomic mass is 16.3. The van der Waals surface area contributed by atoms with E-state index in [0.29, 0.717) is 12.2 Å². The van der Waals surface area contributed by atoms with Crippen molar-refractivity contribution < 1.29 is 9.90 Å². The molecule has 0 radical (unpaired) electrons. The molecule has 1 aliphatic rings. The predicted octanol–water partition coefficient (Wildman–Crippen LogP) is -0.105. The quantitative estimate of drug-likeness (QED) is 0.667. The van der Waals surface area contributed by atoms with E-state index in [4.69, 9.17) is 10.8 Å². The fourth-order valence-electron chi connectivity index (χ4n) is 1.96. The van der Waals surface area contributed by atoms with Gasteiger partial charge in [-0.1, -0.05) is 0 Å². The van der Waals surface area contributed by atoms with E-state index in [0.717, 1.165) is 19.3 Å². The summed E-state index contributed by atoms with van der Waals surface area (Å²) >= 11 is 0. The molecule has 0 bridgehead atoms. The van der Waals surface area contributed by atoms with E-state index in [2.05, 4.69) is 10.4 Å². The van der Waals surface area contributed by atoms with Gasteiger partial charge in [-0.15, -0.1) is 0 Å².